The van der Waals surface area contributed by atoms with Crippen molar-refractivity contribution in [2.45, 2.75) is 130 Å². The quantitative estimate of drug-likeness (QED) is 0.0938. The fraction of sp³-hybridized carbons (Fsp3) is 0.400. The molecular formula is C50H52Cl2F12SiZr. The van der Waals surface area contributed by atoms with Crippen molar-refractivity contribution in [3.05, 3.63) is 129 Å². The molecule has 0 aromatic heterocycles. The Labute approximate surface area is 400 Å². The molecule has 0 amide bonds. The molecule has 0 aliphatic carbocycles. The molecule has 0 fully saturated rings. The summed E-state index contributed by atoms with van der Waals surface area (Å²) in [5.41, 5.74) is -2.13. The summed E-state index contributed by atoms with van der Waals surface area (Å²) < 4.78 is 161. The van der Waals surface area contributed by atoms with Gasteiger partial charge in [0.15, 0.2) is 0 Å². The Morgan fingerprint density at radius 2 is 0.697 bits per heavy atom. The minimum atomic E-state index is -4.89. The molecule has 16 heteroatoms. The molecule has 0 heterocycles. The first-order chi connectivity index (χ1) is 30.0. The molecule has 0 aliphatic rings. The van der Waals surface area contributed by atoms with E-state index in [0.29, 0.717) is 33.0 Å². The monoisotopic (exact) mass is 1070 g/mol. The van der Waals surface area contributed by atoms with Crippen molar-refractivity contribution < 1.29 is 73.5 Å². The summed E-state index contributed by atoms with van der Waals surface area (Å²) in [4.78, 5) is 0. The normalized spacial score (nSPS) is 12.7. The summed E-state index contributed by atoms with van der Waals surface area (Å²) in [5.74, 6) is 0.353. The summed E-state index contributed by atoms with van der Waals surface area (Å²) in [5, 5.41) is 2.93. The molecule has 0 saturated heterocycles. The van der Waals surface area contributed by atoms with Gasteiger partial charge in [-0.15, -0.1) is 69.1 Å². The van der Waals surface area contributed by atoms with Gasteiger partial charge in [-0.2, -0.15) is 64.8 Å². The molecule has 6 aromatic carbocycles. The molecule has 0 spiro atoms. The fourth-order valence-corrected chi connectivity index (χ4v) is 7.35. The number of rotatable bonds is 4. The van der Waals surface area contributed by atoms with E-state index in [9.17, 15) is 52.7 Å². The van der Waals surface area contributed by atoms with Gasteiger partial charge in [0.25, 0.3) is 0 Å². The molecule has 6 rings (SSSR count). The van der Waals surface area contributed by atoms with Crippen LogP contribution >= 0.6 is 17.0 Å². The Morgan fingerprint density at radius 3 is 0.894 bits per heavy atom. The molecule has 0 bridgehead atoms. The Balaban J connectivity index is 0.000000313. The Hall–Kier alpha value is -3.06. The summed E-state index contributed by atoms with van der Waals surface area (Å²) in [7, 11) is 11.0. The van der Waals surface area contributed by atoms with Crippen LogP contribution in [0.15, 0.2) is 84.9 Å². The molecule has 6 aromatic rings. The van der Waals surface area contributed by atoms with Crippen LogP contribution in [0.3, 0.4) is 0 Å². The van der Waals surface area contributed by atoms with Crippen molar-refractivity contribution in [2.24, 2.45) is 0 Å². The predicted octanol–water partition coefficient (Wildman–Crippen LogP) is 19.5. The number of halogens is 14. The first-order valence-corrected chi connectivity index (χ1v) is 29.0. The van der Waals surface area contributed by atoms with Gasteiger partial charge in [-0.25, -0.2) is 0 Å². The third-order valence-electron chi connectivity index (χ3n) is 10.5. The predicted molar refractivity (Wildman–Crippen MR) is 245 cm³/mol. The molecule has 0 unspecified atom stereocenters. The third kappa shape index (κ3) is 14.5. The second-order valence-electron chi connectivity index (χ2n) is 18.5. The summed E-state index contributed by atoms with van der Waals surface area (Å²) in [6, 6.07) is 18.6. The van der Waals surface area contributed by atoms with Crippen LogP contribution in [-0.2, 0) is 56.4 Å². The Morgan fingerprint density at radius 1 is 0.455 bits per heavy atom. The van der Waals surface area contributed by atoms with Crippen molar-refractivity contribution in [3.8, 4) is 22.3 Å². The van der Waals surface area contributed by atoms with E-state index in [4.69, 9.17) is 17.0 Å². The molecule has 0 nitrogen and oxygen atoms in total. The maximum atomic E-state index is 13.4. The number of fused-ring (bicyclic) bond motifs is 2. The average molecular weight is 1070 g/mol. The standard InChI is InChI=1S/2C24H23F6.C2H6Si.2ClH.Zr/c2*1-13(2)15-8-14-6-7-20(22(3,4)5)21(19(14)11-15)16-9-17(23(25,26)27)12-18(10-16)24(28,29)30;1-3-2;;;/h2*6-13H,1-5H3;1-2H3;2*1H;/q2*-1;;;;+4/p-2. The molecule has 0 aliphatic heterocycles. The molecule has 0 atom stereocenters. The van der Waals surface area contributed by atoms with Crippen LogP contribution in [-0.4, -0.2) is 9.52 Å². The van der Waals surface area contributed by atoms with Gasteiger partial charge < -0.3 is 0 Å². The average Bonchev–Trinajstić information content (AvgIpc) is 3.81. The van der Waals surface area contributed by atoms with Crippen molar-refractivity contribution >= 4 is 48.1 Å². The van der Waals surface area contributed by atoms with Crippen LogP contribution in [0, 0.1) is 0 Å². The van der Waals surface area contributed by atoms with E-state index in [0.717, 1.165) is 55.7 Å². The van der Waals surface area contributed by atoms with Gasteiger partial charge in [0.1, 0.15) is 0 Å². The zero-order chi connectivity index (χ0) is 50.7. The van der Waals surface area contributed by atoms with Crippen LogP contribution in [0.4, 0.5) is 52.7 Å². The van der Waals surface area contributed by atoms with Crippen molar-refractivity contribution in [3.63, 3.8) is 0 Å². The van der Waals surface area contributed by atoms with Crippen molar-refractivity contribution in [2.75, 3.05) is 0 Å². The van der Waals surface area contributed by atoms with Crippen LogP contribution in [0.1, 0.15) is 126 Å². The number of alkyl halides is 12. The Bertz CT molecular complexity index is 2320. The van der Waals surface area contributed by atoms with Crippen LogP contribution in [0.2, 0.25) is 13.1 Å². The van der Waals surface area contributed by atoms with Gasteiger partial charge in [0, 0.05) is 9.52 Å². The van der Waals surface area contributed by atoms with Crippen LogP contribution in [0.25, 0.3) is 43.8 Å². The van der Waals surface area contributed by atoms with Gasteiger partial charge >= 0.3 is 62.6 Å². The van der Waals surface area contributed by atoms with Gasteiger partial charge in [-0.1, -0.05) is 105 Å². The first kappa shape index (κ1) is 57.3. The number of hydrogen-bond donors (Lipinski definition) is 0. The Kier molecular flexibility index (Phi) is 18.8. The van der Waals surface area contributed by atoms with E-state index >= 15 is 0 Å². The van der Waals surface area contributed by atoms with E-state index in [1.165, 1.54) is 0 Å². The fourth-order valence-electron chi connectivity index (χ4n) is 7.35. The molecule has 0 saturated carbocycles. The van der Waals surface area contributed by atoms with Gasteiger partial charge in [0.2, 0.25) is 0 Å². The van der Waals surface area contributed by atoms with Gasteiger partial charge in [-0.3, -0.25) is 0 Å². The van der Waals surface area contributed by atoms with Crippen molar-refractivity contribution in [1.29, 1.82) is 0 Å². The van der Waals surface area contributed by atoms with E-state index in [1.807, 2.05) is 106 Å². The molecule has 358 valence electrons. The zero-order valence-corrected chi connectivity index (χ0v) is 43.5. The van der Waals surface area contributed by atoms with Crippen LogP contribution in [0.5, 0.6) is 0 Å². The van der Waals surface area contributed by atoms with Crippen molar-refractivity contribution in [1.82, 2.24) is 0 Å². The van der Waals surface area contributed by atoms with E-state index in [1.54, 1.807) is 12.1 Å². The second-order valence-corrected chi connectivity index (χ2v) is 23.3. The van der Waals surface area contributed by atoms with Crippen LogP contribution < -0.4 is 0 Å². The molecule has 0 N–H and O–H groups in total. The topological polar surface area (TPSA) is 0 Å². The van der Waals surface area contributed by atoms with E-state index < -0.39 is 78.6 Å². The first-order valence-electron chi connectivity index (χ1n) is 20.6. The van der Waals surface area contributed by atoms with Gasteiger partial charge in [-0.05, 0) is 70.2 Å². The SMILES string of the molecule is CC(C)c1cc2c(-c3cc(C(F)(F)F)cc(C(F)(F)F)c3)c(C(C)(C)C)ccc2[cH-]1.CC(C)c1cc2c(-c3cc(C(F)(F)F)cc(C(F)(F)F)c3)c(C(C)(C)C)ccc2[cH-]1.C[Si]C.[Cl][Zr+2][Cl]. The number of hydrogen-bond acceptors (Lipinski definition) is 0. The van der Waals surface area contributed by atoms with Gasteiger partial charge in [0.05, 0.1) is 22.3 Å². The molecule has 2 radical (unpaired) electrons. The summed E-state index contributed by atoms with van der Waals surface area (Å²) >= 11 is -0.826. The zero-order valence-electron chi connectivity index (χ0n) is 38.5. The number of benzene rings is 4. The summed E-state index contributed by atoms with van der Waals surface area (Å²) in [6.45, 7) is 23.6. The molecular weight excluding hydrogens is 1020 g/mol. The minimum absolute atomic E-state index is 0.0754. The summed E-state index contributed by atoms with van der Waals surface area (Å²) in [6.07, 6.45) is -19.6. The maximum absolute atomic E-state index is 13.4. The van der Waals surface area contributed by atoms with E-state index in [2.05, 4.69) is 13.1 Å². The second kappa shape index (κ2) is 21.7. The van der Waals surface area contributed by atoms with E-state index in [-0.39, 0.29) is 35.1 Å². The molecule has 66 heavy (non-hydrogen) atoms. The third-order valence-corrected chi connectivity index (χ3v) is 10.5.